The molecule has 1 N–H and O–H groups in total. The second-order valence-electron chi connectivity index (χ2n) is 6.71. The molecular formula is C19H33NO5. The van der Waals surface area contributed by atoms with Crippen LogP contribution in [0.2, 0.25) is 0 Å². The van der Waals surface area contributed by atoms with E-state index in [-0.39, 0.29) is 5.78 Å². The highest BCUT2D eigenvalue weighted by Gasteiger charge is 2.15. The third-order valence-electron chi connectivity index (χ3n) is 3.06. The van der Waals surface area contributed by atoms with E-state index in [1.54, 1.807) is 0 Å². The summed E-state index contributed by atoms with van der Waals surface area (Å²) < 4.78 is 15.8. The van der Waals surface area contributed by atoms with Crippen LogP contribution >= 0.6 is 0 Å². The van der Waals surface area contributed by atoms with Gasteiger partial charge < -0.3 is 19.5 Å². The van der Waals surface area contributed by atoms with Crippen LogP contribution in [0.5, 0.6) is 0 Å². The molecule has 0 radical (unpaired) electrons. The zero-order chi connectivity index (χ0) is 19.0. The summed E-state index contributed by atoms with van der Waals surface area (Å²) in [6.45, 7) is 7.71. The number of terminal acetylenes is 1. The predicted octanol–water partition coefficient (Wildman–Crippen LogP) is 3.09. The summed E-state index contributed by atoms with van der Waals surface area (Å²) >= 11 is 0. The Kier molecular flexibility index (Phi) is 13.8. The van der Waals surface area contributed by atoms with Gasteiger partial charge in [-0.25, -0.2) is 4.79 Å². The topological polar surface area (TPSA) is 73.9 Å². The third kappa shape index (κ3) is 18.6. The lowest BCUT2D eigenvalue weighted by Crippen LogP contribution is -2.34. The number of unbranched alkanes of at least 4 members (excludes halogenated alkanes) is 2. The molecule has 0 fully saturated rings. The minimum Gasteiger partial charge on any atom is -0.444 e. The maximum absolute atomic E-state index is 11.6. The fraction of sp³-hybridized carbons (Fsp3) is 0.789. The van der Waals surface area contributed by atoms with Gasteiger partial charge in [0.05, 0.1) is 19.8 Å². The summed E-state index contributed by atoms with van der Waals surface area (Å²) in [5, 5.41) is 2.61. The number of ether oxygens (including phenoxy) is 3. The summed E-state index contributed by atoms with van der Waals surface area (Å²) in [5.74, 6) is 2.84. The summed E-state index contributed by atoms with van der Waals surface area (Å²) in [6, 6.07) is 0. The van der Waals surface area contributed by atoms with Gasteiger partial charge in [-0.05, 0) is 40.0 Å². The first kappa shape index (κ1) is 23.4. The Morgan fingerprint density at radius 3 is 2.24 bits per heavy atom. The van der Waals surface area contributed by atoms with Crippen molar-refractivity contribution in [2.45, 2.75) is 64.9 Å². The smallest absolute Gasteiger partial charge is 0.407 e. The molecule has 0 aliphatic heterocycles. The Morgan fingerprint density at radius 2 is 1.60 bits per heavy atom. The average Bonchev–Trinajstić information content (AvgIpc) is 2.51. The Labute approximate surface area is 152 Å². The van der Waals surface area contributed by atoms with E-state index >= 15 is 0 Å². The average molecular weight is 355 g/mol. The van der Waals surface area contributed by atoms with Gasteiger partial charge in [-0.15, -0.1) is 12.3 Å². The largest absolute Gasteiger partial charge is 0.444 e. The lowest BCUT2D eigenvalue weighted by molar-refractivity contribution is -0.119. The first-order chi connectivity index (χ1) is 11.8. The molecule has 6 nitrogen and oxygen atoms in total. The van der Waals surface area contributed by atoms with E-state index in [0.29, 0.717) is 45.8 Å². The third-order valence-corrected chi connectivity index (χ3v) is 3.06. The second-order valence-corrected chi connectivity index (χ2v) is 6.71. The van der Waals surface area contributed by atoms with Gasteiger partial charge in [0.2, 0.25) is 0 Å². The van der Waals surface area contributed by atoms with Crippen LogP contribution in [0, 0.1) is 12.3 Å². The van der Waals surface area contributed by atoms with Crippen molar-refractivity contribution in [2.75, 3.05) is 33.0 Å². The highest BCUT2D eigenvalue weighted by molar-refractivity contribution is 5.78. The molecule has 25 heavy (non-hydrogen) atoms. The highest BCUT2D eigenvalue weighted by atomic mass is 16.6. The van der Waals surface area contributed by atoms with Crippen LogP contribution in [-0.4, -0.2) is 50.4 Å². The van der Waals surface area contributed by atoms with E-state index in [0.717, 1.165) is 25.7 Å². The van der Waals surface area contributed by atoms with Gasteiger partial charge in [0, 0.05) is 32.4 Å². The second kappa shape index (κ2) is 14.7. The molecule has 0 saturated heterocycles. The zero-order valence-corrected chi connectivity index (χ0v) is 15.9. The van der Waals surface area contributed by atoms with Crippen molar-refractivity contribution in [1.29, 1.82) is 0 Å². The van der Waals surface area contributed by atoms with Crippen LogP contribution in [0.15, 0.2) is 0 Å². The fourth-order valence-corrected chi connectivity index (χ4v) is 1.91. The van der Waals surface area contributed by atoms with Crippen molar-refractivity contribution < 1.29 is 23.8 Å². The van der Waals surface area contributed by atoms with Crippen LogP contribution < -0.4 is 5.32 Å². The summed E-state index contributed by atoms with van der Waals surface area (Å²) in [7, 11) is 0. The van der Waals surface area contributed by atoms with E-state index in [2.05, 4.69) is 11.2 Å². The molecule has 0 bridgehead atoms. The Hall–Kier alpha value is -1.58. The van der Waals surface area contributed by atoms with Crippen LogP contribution in [0.25, 0.3) is 0 Å². The number of hydrogen-bond donors (Lipinski definition) is 1. The van der Waals surface area contributed by atoms with Crippen molar-refractivity contribution in [3.8, 4) is 12.3 Å². The monoisotopic (exact) mass is 355 g/mol. The number of hydrogen-bond acceptors (Lipinski definition) is 5. The lowest BCUT2D eigenvalue weighted by atomic mass is 10.1. The molecule has 0 aromatic carbocycles. The van der Waals surface area contributed by atoms with Crippen LogP contribution in [-0.2, 0) is 19.0 Å². The van der Waals surface area contributed by atoms with E-state index in [1.807, 2.05) is 20.8 Å². The van der Waals surface area contributed by atoms with Gasteiger partial charge in [-0.1, -0.05) is 0 Å². The molecule has 0 atom stereocenters. The maximum atomic E-state index is 11.6. The van der Waals surface area contributed by atoms with Crippen LogP contribution in [0.3, 0.4) is 0 Å². The minimum atomic E-state index is -0.498. The van der Waals surface area contributed by atoms with Gasteiger partial charge in [-0.3, -0.25) is 4.79 Å². The molecule has 0 heterocycles. The first-order valence-electron chi connectivity index (χ1n) is 8.92. The number of Topliss-reactive ketones (excluding diaryl/α,β-unsaturated/α-hetero) is 1. The SMILES string of the molecule is C#CCCCCC(=O)CCCOCCOCCNC(=O)OC(C)(C)C. The van der Waals surface area contributed by atoms with Crippen LogP contribution in [0.4, 0.5) is 4.79 Å². The minimum absolute atomic E-state index is 0.269. The summed E-state index contributed by atoms with van der Waals surface area (Å²) in [4.78, 5) is 22.9. The van der Waals surface area contributed by atoms with E-state index in [9.17, 15) is 9.59 Å². The van der Waals surface area contributed by atoms with Gasteiger partial charge in [0.25, 0.3) is 0 Å². The molecule has 0 aromatic heterocycles. The molecule has 1 amide bonds. The van der Waals surface area contributed by atoms with Gasteiger partial charge in [-0.2, -0.15) is 0 Å². The van der Waals surface area contributed by atoms with Crippen molar-refractivity contribution in [2.24, 2.45) is 0 Å². The summed E-state index contributed by atoms with van der Waals surface area (Å²) in [5.41, 5.74) is -0.498. The van der Waals surface area contributed by atoms with Gasteiger partial charge in [0.1, 0.15) is 11.4 Å². The zero-order valence-electron chi connectivity index (χ0n) is 15.9. The van der Waals surface area contributed by atoms with E-state index < -0.39 is 11.7 Å². The molecule has 0 aliphatic rings. The van der Waals surface area contributed by atoms with Gasteiger partial charge >= 0.3 is 6.09 Å². The normalized spacial score (nSPS) is 11.0. The number of carbonyl (C=O) groups is 2. The molecule has 6 heteroatoms. The quantitative estimate of drug-likeness (QED) is 0.383. The Balaban J connectivity index is 3.30. The number of rotatable bonds is 14. The molecular weight excluding hydrogens is 322 g/mol. The first-order valence-corrected chi connectivity index (χ1v) is 8.92. The lowest BCUT2D eigenvalue weighted by Gasteiger charge is -2.19. The van der Waals surface area contributed by atoms with Crippen molar-refractivity contribution >= 4 is 11.9 Å². The number of ketones is 1. The number of carbonyl (C=O) groups excluding carboxylic acids is 2. The summed E-state index contributed by atoms with van der Waals surface area (Å²) in [6.07, 6.45) is 9.13. The number of nitrogens with one attached hydrogen (secondary N) is 1. The van der Waals surface area contributed by atoms with Crippen molar-refractivity contribution in [1.82, 2.24) is 5.32 Å². The molecule has 0 aliphatic carbocycles. The van der Waals surface area contributed by atoms with Crippen molar-refractivity contribution in [3.63, 3.8) is 0 Å². The molecule has 0 unspecified atom stereocenters. The molecule has 0 spiro atoms. The van der Waals surface area contributed by atoms with Crippen molar-refractivity contribution in [3.05, 3.63) is 0 Å². The Bertz CT molecular complexity index is 409. The predicted molar refractivity (Wildman–Crippen MR) is 97.4 cm³/mol. The van der Waals surface area contributed by atoms with E-state index in [4.69, 9.17) is 20.6 Å². The number of amides is 1. The maximum Gasteiger partial charge on any atom is 0.407 e. The Morgan fingerprint density at radius 1 is 0.960 bits per heavy atom. The van der Waals surface area contributed by atoms with Gasteiger partial charge in [0.15, 0.2) is 0 Å². The van der Waals surface area contributed by atoms with Crippen LogP contribution in [0.1, 0.15) is 59.3 Å². The molecule has 144 valence electrons. The molecule has 0 rings (SSSR count). The standard InChI is InChI=1S/C19H33NO5/c1-5-6-7-8-10-17(21)11-9-13-23-15-16-24-14-12-20-18(22)25-19(2,3)4/h1H,6-16H2,2-4H3,(H,20,22). The molecule has 0 saturated carbocycles. The molecule has 0 aromatic rings. The fourth-order valence-electron chi connectivity index (χ4n) is 1.91. The van der Waals surface area contributed by atoms with E-state index in [1.165, 1.54) is 0 Å². The number of alkyl carbamates (subject to hydrolysis) is 1. The highest BCUT2D eigenvalue weighted by Crippen LogP contribution is 2.06.